The van der Waals surface area contributed by atoms with E-state index in [1.807, 2.05) is 17.7 Å². The molecule has 0 saturated heterocycles. The number of aromatic nitrogens is 2. The molecule has 2 rings (SSSR count). The maximum atomic E-state index is 11.8. The van der Waals surface area contributed by atoms with Crippen LogP contribution in [0.4, 0.5) is 5.69 Å². The highest BCUT2D eigenvalue weighted by atomic mass is 16.6. The Morgan fingerprint density at radius 3 is 3.05 bits per heavy atom. The highest BCUT2D eigenvalue weighted by Gasteiger charge is 2.06. The fourth-order valence-electron chi connectivity index (χ4n) is 1.96. The van der Waals surface area contributed by atoms with Gasteiger partial charge in [-0.25, -0.2) is 4.98 Å². The van der Waals surface area contributed by atoms with E-state index in [4.69, 9.17) is 0 Å². The summed E-state index contributed by atoms with van der Waals surface area (Å²) in [5.74, 6) is -0.251. The van der Waals surface area contributed by atoms with Crippen molar-refractivity contribution in [3.63, 3.8) is 0 Å². The summed E-state index contributed by atoms with van der Waals surface area (Å²) in [5.41, 5.74) is 0.600. The standard InChI is InChI=1S/C15H16N4O3/c1-12(10-18-8-7-16-11-18)17-15(20)6-5-13-3-2-4-14(9-13)19(21)22/h2-9,11-12H,10H2,1H3,(H,17,20)/b6-5+/t12-/m1/s1. The van der Waals surface area contributed by atoms with Crippen LogP contribution in [0.1, 0.15) is 12.5 Å². The Bertz CT molecular complexity index is 680. The molecular weight excluding hydrogens is 284 g/mol. The molecule has 1 heterocycles. The lowest BCUT2D eigenvalue weighted by Crippen LogP contribution is -2.34. The SMILES string of the molecule is C[C@H](Cn1ccnc1)NC(=O)/C=C/c1cccc([N+](=O)[O-])c1. The van der Waals surface area contributed by atoms with Gasteiger partial charge in [-0.05, 0) is 18.6 Å². The first kappa shape index (κ1) is 15.4. The number of hydrogen-bond acceptors (Lipinski definition) is 4. The van der Waals surface area contributed by atoms with Crippen molar-refractivity contribution >= 4 is 17.7 Å². The fourth-order valence-corrected chi connectivity index (χ4v) is 1.96. The highest BCUT2D eigenvalue weighted by molar-refractivity contribution is 5.91. The molecule has 0 fully saturated rings. The molecule has 22 heavy (non-hydrogen) atoms. The maximum Gasteiger partial charge on any atom is 0.270 e. The van der Waals surface area contributed by atoms with Crippen LogP contribution in [-0.2, 0) is 11.3 Å². The zero-order chi connectivity index (χ0) is 15.9. The molecule has 7 nitrogen and oxygen atoms in total. The molecule has 0 bridgehead atoms. The molecule has 1 amide bonds. The molecule has 0 aliphatic carbocycles. The summed E-state index contributed by atoms with van der Waals surface area (Å²) in [6.45, 7) is 2.51. The minimum absolute atomic E-state index is 0.00367. The van der Waals surface area contributed by atoms with Crippen molar-refractivity contribution in [2.24, 2.45) is 0 Å². The smallest absolute Gasteiger partial charge is 0.270 e. The summed E-state index contributed by atoms with van der Waals surface area (Å²) in [6, 6.07) is 6.04. The number of amides is 1. The average Bonchev–Trinajstić information content (AvgIpc) is 2.98. The van der Waals surface area contributed by atoms with Crippen LogP contribution < -0.4 is 5.32 Å². The van der Waals surface area contributed by atoms with Crippen molar-refractivity contribution in [3.05, 3.63) is 64.7 Å². The Hall–Kier alpha value is -2.96. The van der Waals surface area contributed by atoms with Crippen molar-refractivity contribution < 1.29 is 9.72 Å². The molecule has 0 saturated carbocycles. The van der Waals surface area contributed by atoms with Crippen molar-refractivity contribution in [3.8, 4) is 0 Å². The van der Waals surface area contributed by atoms with E-state index in [1.54, 1.807) is 30.7 Å². The van der Waals surface area contributed by atoms with Crippen molar-refractivity contribution in [2.75, 3.05) is 0 Å². The van der Waals surface area contributed by atoms with Gasteiger partial charge in [-0.3, -0.25) is 14.9 Å². The van der Waals surface area contributed by atoms with Gasteiger partial charge in [0.05, 0.1) is 11.3 Å². The van der Waals surface area contributed by atoms with Crippen LogP contribution in [0.25, 0.3) is 6.08 Å². The number of hydrogen-bond donors (Lipinski definition) is 1. The molecule has 7 heteroatoms. The van der Waals surface area contributed by atoms with Crippen LogP contribution in [0, 0.1) is 10.1 Å². The number of nitrogens with zero attached hydrogens (tertiary/aromatic N) is 3. The van der Waals surface area contributed by atoms with Crippen LogP contribution >= 0.6 is 0 Å². The number of carbonyl (C=O) groups is 1. The van der Waals surface area contributed by atoms with E-state index in [1.165, 1.54) is 18.2 Å². The first-order valence-corrected chi connectivity index (χ1v) is 6.73. The minimum Gasteiger partial charge on any atom is -0.348 e. The summed E-state index contributed by atoms with van der Waals surface area (Å²) < 4.78 is 1.87. The van der Waals surface area contributed by atoms with Gasteiger partial charge in [0.25, 0.3) is 5.69 Å². The van der Waals surface area contributed by atoms with Gasteiger partial charge in [0.1, 0.15) is 0 Å². The molecule has 2 aromatic rings. The van der Waals surface area contributed by atoms with Gasteiger partial charge in [-0.1, -0.05) is 12.1 Å². The lowest BCUT2D eigenvalue weighted by molar-refractivity contribution is -0.384. The monoisotopic (exact) mass is 300 g/mol. The van der Waals surface area contributed by atoms with E-state index in [9.17, 15) is 14.9 Å². The minimum atomic E-state index is -0.468. The molecule has 114 valence electrons. The van der Waals surface area contributed by atoms with Crippen molar-refractivity contribution in [1.82, 2.24) is 14.9 Å². The van der Waals surface area contributed by atoms with E-state index in [0.717, 1.165) is 0 Å². The Kier molecular flexibility index (Phi) is 5.02. The second kappa shape index (κ2) is 7.16. The zero-order valence-corrected chi connectivity index (χ0v) is 12.0. The molecule has 0 aliphatic heterocycles. The second-order valence-electron chi connectivity index (χ2n) is 4.85. The molecule has 0 spiro atoms. The number of nitro groups is 1. The summed E-state index contributed by atoms with van der Waals surface area (Å²) in [4.78, 5) is 26.0. The maximum absolute atomic E-state index is 11.8. The molecule has 0 radical (unpaired) electrons. The summed E-state index contributed by atoms with van der Waals surface area (Å²) in [5, 5.41) is 13.5. The average molecular weight is 300 g/mol. The van der Waals surface area contributed by atoms with Crippen molar-refractivity contribution in [1.29, 1.82) is 0 Å². The predicted octanol–water partition coefficient (Wildman–Crippen LogP) is 2.01. The van der Waals surface area contributed by atoms with E-state index >= 15 is 0 Å². The molecular formula is C15H16N4O3. The van der Waals surface area contributed by atoms with Crippen LogP contribution in [-0.4, -0.2) is 26.4 Å². The van der Waals surface area contributed by atoms with E-state index < -0.39 is 4.92 Å². The van der Waals surface area contributed by atoms with Crippen LogP contribution in [0.3, 0.4) is 0 Å². The molecule has 1 aromatic carbocycles. The Labute approximate surface area is 127 Å². The molecule has 1 N–H and O–H groups in total. The third-order valence-electron chi connectivity index (χ3n) is 2.94. The number of non-ortho nitro benzene ring substituents is 1. The lowest BCUT2D eigenvalue weighted by atomic mass is 10.2. The number of nitro benzene ring substituents is 1. The quantitative estimate of drug-likeness (QED) is 0.502. The number of nitrogens with one attached hydrogen (secondary N) is 1. The van der Waals surface area contributed by atoms with Gasteiger partial charge in [0.15, 0.2) is 0 Å². The highest BCUT2D eigenvalue weighted by Crippen LogP contribution is 2.13. The molecule has 0 aliphatic rings. The lowest BCUT2D eigenvalue weighted by Gasteiger charge is -2.12. The largest absolute Gasteiger partial charge is 0.348 e. The molecule has 1 atom stereocenters. The van der Waals surface area contributed by atoms with Crippen molar-refractivity contribution in [2.45, 2.75) is 19.5 Å². The number of benzene rings is 1. The molecule has 0 unspecified atom stereocenters. The Morgan fingerprint density at radius 1 is 1.55 bits per heavy atom. The third kappa shape index (κ3) is 4.55. The Balaban J connectivity index is 1.90. The van der Waals surface area contributed by atoms with Gasteiger partial charge in [-0.15, -0.1) is 0 Å². The normalized spacial score (nSPS) is 12.2. The topological polar surface area (TPSA) is 90.1 Å². The van der Waals surface area contributed by atoms with Crippen LogP contribution in [0.15, 0.2) is 49.1 Å². The predicted molar refractivity (Wildman–Crippen MR) is 82.0 cm³/mol. The summed E-state index contributed by atoms with van der Waals surface area (Å²) >= 11 is 0. The first-order chi connectivity index (χ1) is 10.5. The van der Waals surface area contributed by atoms with Gasteiger partial charge >= 0.3 is 0 Å². The van der Waals surface area contributed by atoms with E-state index in [0.29, 0.717) is 12.1 Å². The Morgan fingerprint density at radius 2 is 2.36 bits per heavy atom. The van der Waals surface area contributed by atoms with Gasteiger partial charge in [0.2, 0.25) is 5.91 Å². The second-order valence-corrected chi connectivity index (χ2v) is 4.85. The number of imidazole rings is 1. The fraction of sp³-hybridized carbons (Fsp3) is 0.200. The van der Waals surface area contributed by atoms with Gasteiger partial charge in [-0.2, -0.15) is 0 Å². The van der Waals surface area contributed by atoms with E-state index in [2.05, 4.69) is 10.3 Å². The van der Waals surface area contributed by atoms with Crippen LogP contribution in [0.2, 0.25) is 0 Å². The molecule has 1 aromatic heterocycles. The van der Waals surface area contributed by atoms with Crippen LogP contribution in [0.5, 0.6) is 0 Å². The van der Waals surface area contributed by atoms with Gasteiger partial charge in [0, 0.05) is 43.2 Å². The number of carbonyl (C=O) groups excluding carboxylic acids is 1. The summed E-state index contributed by atoms with van der Waals surface area (Å²) in [6.07, 6.45) is 8.09. The third-order valence-corrected chi connectivity index (χ3v) is 2.94. The van der Waals surface area contributed by atoms with Gasteiger partial charge < -0.3 is 9.88 Å². The first-order valence-electron chi connectivity index (χ1n) is 6.73. The zero-order valence-electron chi connectivity index (χ0n) is 12.0. The van der Waals surface area contributed by atoms with E-state index in [-0.39, 0.29) is 17.6 Å². The summed E-state index contributed by atoms with van der Waals surface area (Å²) in [7, 11) is 0. The number of rotatable bonds is 6.